The number of likely N-dealkylation sites (N-methyl/N-ethyl adjacent to an activating group) is 1. The second-order valence-electron chi connectivity index (χ2n) is 2.54. The van der Waals surface area contributed by atoms with E-state index in [0.717, 1.165) is 7.05 Å². The summed E-state index contributed by atoms with van der Waals surface area (Å²) in [5.41, 5.74) is 0. The van der Waals surface area contributed by atoms with Crippen molar-refractivity contribution >= 4 is 5.91 Å². The van der Waals surface area contributed by atoms with Gasteiger partial charge < -0.3 is 15.1 Å². The number of alkyl halides is 2. The van der Waals surface area contributed by atoms with Gasteiger partial charge in [0.25, 0.3) is 5.91 Å². The monoisotopic (exact) mass is 167 g/mol. The number of carbonyl (C=O) groups is 1. The molecule has 4 nitrogen and oxygen atoms in total. The molecule has 0 unspecified atom stereocenters. The van der Waals surface area contributed by atoms with Gasteiger partial charge in [-0.2, -0.15) is 8.78 Å². The molecule has 1 heterocycles. The van der Waals surface area contributed by atoms with Crippen molar-refractivity contribution in [2.75, 3.05) is 13.6 Å². The highest BCUT2D eigenvalue weighted by Crippen LogP contribution is 2.34. The number of rotatable bonds is 0. The summed E-state index contributed by atoms with van der Waals surface area (Å²) in [6.45, 7) is -0.959. The predicted octanol–water partition coefficient (Wildman–Crippen LogP) is -1.23. The van der Waals surface area contributed by atoms with Crippen LogP contribution in [0.5, 0.6) is 0 Å². The van der Waals surface area contributed by atoms with Crippen molar-refractivity contribution in [3.05, 3.63) is 0 Å². The summed E-state index contributed by atoms with van der Waals surface area (Å²) in [5.74, 6) is -8.68. The number of hydrogen-bond acceptors (Lipinski definition) is 3. The summed E-state index contributed by atoms with van der Waals surface area (Å²) in [4.78, 5) is 11.2. The molecule has 0 aliphatic carbocycles. The molecule has 0 aromatic heterocycles. The molecule has 0 radical (unpaired) electrons. The Kier molecular flexibility index (Phi) is 1.43. The SMILES string of the molecule is CN1CC(F)(F)C(O)(O)C1=O. The van der Waals surface area contributed by atoms with E-state index in [-0.39, 0.29) is 0 Å². The topological polar surface area (TPSA) is 60.8 Å². The van der Waals surface area contributed by atoms with E-state index in [2.05, 4.69) is 0 Å². The molecule has 11 heavy (non-hydrogen) atoms. The van der Waals surface area contributed by atoms with Crippen molar-refractivity contribution in [3.63, 3.8) is 0 Å². The van der Waals surface area contributed by atoms with Crippen LogP contribution in [0.4, 0.5) is 8.78 Å². The summed E-state index contributed by atoms with van der Waals surface area (Å²) in [6.07, 6.45) is 0. The second-order valence-corrected chi connectivity index (χ2v) is 2.54. The number of aliphatic hydroxyl groups is 2. The molecule has 0 atom stereocenters. The fraction of sp³-hybridized carbons (Fsp3) is 0.800. The van der Waals surface area contributed by atoms with Crippen molar-refractivity contribution in [2.24, 2.45) is 0 Å². The number of likely N-dealkylation sites (tertiary alicyclic amines) is 1. The van der Waals surface area contributed by atoms with Crippen LogP contribution >= 0.6 is 0 Å². The number of nitrogens with zero attached hydrogens (tertiary/aromatic N) is 1. The summed E-state index contributed by atoms with van der Waals surface area (Å²) < 4.78 is 24.9. The van der Waals surface area contributed by atoms with Gasteiger partial charge >= 0.3 is 11.7 Å². The lowest BCUT2D eigenvalue weighted by molar-refractivity contribution is -0.257. The van der Waals surface area contributed by atoms with Gasteiger partial charge in [-0.3, -0.25) is 4.79 Å². The van der Waals surface area contributed by atoms with Gasteiger partial charge in [0.05, 0.1) is 6.54 Å². The van der Waals surface area contributed by atoms with Crippen LogP contribution in [-0.4, -0.2) is 46.3 Å². The third kappa shape index (κ3) is 0.899. The average Bonchev–Trinajstić information content (AvgIpc) is 1.93. The van der Waals surface area contributed by atoms with E-state index in [1.54, 1.807) is 0 Å². The van der Waals surface area contributed by atoms with Crippen LogP contribution in [0, 0.1) is 0 Å². The Labute approximate surface area is 61.0 Å². The van der Waals surface area contributed by atoms with Crippen LogP contribution < -0.4 is 0 Å². The second kappa shape index (κ2) is 1.89. The molecule has 1 aliphatic rings. The molecule has 1 saturated heterocycles. The Hall–Kier alpha value is -0.750. The largest absolute Gasteiger partial charge is 0.354 e. The molecule has 1 rings (SSSR count). The van der Waals surface area contributed by atoms with E-state index in [0.29, 0.717) is 4.90 Å². The first-order valence-corrected chi connectivity index (χ1v) is 2.87. The molecule has 6 heteroatoms. The lowest BCUT2D eigenvalue weighted by Crippen LogP contribution is -2.49. The fourth-order valence-electron chi connectivity index (χ4n) is 0.902. The zero-order valence-corrected chi connectivity index (χ0v) is 5.71. The lowest BCUT2D eigenvalue weighted by atomic mass is 10.2. The molecular formula is C5H7F2NO3. The van der Waals surface area contributed by atoms with Crippen molar-refractivity contribution < 1.29 is 23.8 Å². The van der Waals surface area contributed by atoms with E-state index in [1.165, 1.54) is 0 Å². The van der Waals surface area contributed by atoms with Crippen molar-refractivity contribution in [2.45, 2.75) is 11.7 Å². The van der Waals surface area contributed by atoms with Gasteiger partial charge in [0.15, 0.2) is 0 Å². The highest BCUT2D eigenvalue weighted by molar-refractivity contribution is 5.86. The first kappa shape index (κ1) is 8.35. The molecule has 1 fully saturated rings. The third-order valence-corrected chi connectivity index (χ3v) is 1.59. The quantitative estimate of drug-likeness (QED) is 0.444. The lowest BCUT2D eigenvalue weighted by Gasteiger charge is -2.18. The third-order valence-electron chi connectivity index (χ3n) is 1.59. The average molecular weight is 167 g/mol. The van der Waals surface area contributed by atoms with Gasteiger partial charge in [0, 0.05) is 7.05 Å². The molecule has 0 aromatic carbocycles. The number of halogens is 2. The van der Waals surface area contributed by atoms with Crippen LogP contribution in [-0.2, 0) is 4.79 Å². The molecule has 2 N–H and O–H groups in total. The van der Waals surface area contributed by atoms with Crippen LogP contribution in [0.2, 0.25) is 0 Å². The van der Waals surface area contributed by atoms with Crippen LogP contribution in [0.25, 0.3) is 0 Å². The minimum atomic E-state index is -3.78. The highest BCUT2D eigenvalue weighted by Gasteiger charge is 2.64. The first-order valence-electron chi connectivity index (χ1n) is 2.87. The molecule has 0 aromatic rings. The maximum Gasteiger partial charge on any atom is 0.327 e. The van der Waals surface area contributed by atoms with E-state index in [1.807, 2.05) is 0 Å². The van der Waals surface area contributed by atoms with Gasteiger partial charge in [-0.1, -0.05) is 0 Å². The number of amides is 1. The van der Waals surface area contributed by atoms with E-state index < -0.39 is 24.2 Å². The Morgan fingerprint density at radius 3 is 2.09 bits per heavy atom. The minimum Gasteiger partial charge on any atom is -0.354 e. The Morgan fingerprint density at radius 1 is 1.55 bits per heavy atom. The Balaban J connectivity index is 3.02. The van der Waals surface area contributed by atoms with Crippen LogP contribution in [0.1, 0.15) is 0 Å². The summed E-state index contributed by atoms with van der Waals surface area (Å²) in [6, 6.07) is 0. The van der Waals surface area contributed by atoms with Gasteiger partial charge in [-0.25, -0.2) is 0 Å². The van der Waals surface area contributed by atoms with Crippen molar-refractivity contribution in [3.8, 4) is 0 Å². The standard InChI is InChI=1S/C5H7F2NO3/c1-8-2-4(6,7)5(10,11)3(8)9/h10-11H,2H2,1H3. The maximum absolute atomic E-state index is 12.5. The zero-order valence-electron chi connectivity index (χ0n) is 5.71. The molecule has 1 amide bonds. The molecule has 0 saturated carbocycles. The maximum atomic E-state index is 12.5. The van der Waals surface area contributed by atoms with Crippen molar-refractivity contribution in [1.29, 1.82) is 0 Å². The van der Waals surface area contributed by atoms with Gasteiger partial charge in [-0.15, -0.1) is 0 Å². The van der Waals surface area contributed by atoms with E-state index in [9.17, 15) is 13.6 Å². The number of carbonyl (C=O) groups excluding carboxylic acids is 1. The number of hydrogen-bond donors (Lipinski definition) is 2. The summed E-state index contributed by atoms with van der Waals surface area (Å²) in [5, 5.41) is 17.2. The van der Waals surface area contributed by atoms with Crippen LogP contribution in [0.3, 0.4) is 0 Å². The smallest absolute Gasteiger partial charge is 0.327 e. The van der Waals surface area contributed by atoms with Gasteiger partial charge in [0.2, 0.25) is 0 Å². The van der Waals surface area contributed by atoms with Crippen molar-refractivity contribution in [1.82, 2.24) is 4.90 Å². The zero-order chi connectivity index (χ0) is 8.86. The van der Waals surface area contributed by atoms with Crippen LogP contribution in [0.15, 0.2) is 0 Å². The predicted molar refractivity (Wildman–Crippen MR) is 29.8 cm³/mol. The molecule has 1 aliphatic heterocycles. The fourth-order valence-corrected chi connectivity index (χ4v) is 0.902. The van der Waals surface area contributed by atoms with Gasteiger partial charge in [0.1, 0.15) is 0 Å². The summed E-state index contributed by atoms with van der Waals surface area (Å²) >= 11 is 0. The van der Waals surface area contributed by atoms with Gasteiger partial charge in [-0.05, 0) is 0 Å². The molecule has 64 valence electrons. The normalized spacial score (nSPS) is 27.7. The van der Waals surface area contributed by atoms with E-state index in [4.69, 9.17) is 10.2 Å². The summed E-state index contributed by atoms with van der Waals surface area (Å²) in [7, 11) is 1.07. The Bertz CT molecular complexity index is 204. The first-order chi connectivity index (χ1) is 4.79. The minimum absolute atomic E-state index is 0.569. The molecule has 0 bridgehead atoms. The molecular weight excluding hydrogens is 160 g/mol. The Morgan fingerprint density at radius 2 is 2.00 bits per heavy atom. The molecule has 0 spiro atoms. The highest BCUT2D eigenvalue weighted by atomic mass is 19.3. The van der Waals surface area contributed by atoms with E-state index >= 15 is 0 Å².